The van der Waals surface area contributed by atoms with Gasteiger partial charge in [0.25, 0.3) is 0 Å². The highest BCUT2D eigenvalue weighted by atomic mass is 32.2. The zero-order valence-corrected chi connectivity index (χ0v) is 11.1. The second-order valence-electron chi connectivity index (χ2n) is 3.77. The molecule has 0 bridgehead atoms. The van der Waals surface area contributed by atoms with E-state index in [1.54, 1.807) is 26.8 Å². The van der Waals surface area contributed by atoms with E-state index in [0.717, 1.165) is 4.31 Å². The van der Waals surface area contributed by atoms with Crippen LogP contribution in [0.4, 0.5) is 0 Å². The molecule has 0 saturated carbocycles. The quantitative estimate of drug-likeness (QED) is 0.731. The van der Waals surface area contributed by atoms with Crippen molar-refractivity contribution in [2.24, 2.45) is 0 Å². The number of carbonyl (C=O) groups is 1. The van der Waals surface area contributed by atoms with Crippen molar-refractivity contribution in [1.29, 1.82) is 5.26 Å². The minimum absolute atomic E-state index is 0.144. The Morgan fingerprint density at radius 2 is 1.94 bits per heavy atom. The van der Waals surface area contributed by atoms with Gasteiger partial charge >= 0.3 is 5.97 Å². The van der Waals surface area contributed by atoms with Gasteiger partial charge in [-0.1, -0.05) is 13.8 Å². The van der Waals surface area contributed by atoms with E-state index in [1.807, 2.05) is 0 Å². The molecule has 0 saturated heterocycles. The molecule has 2 unspecified atom stereocenters. The molecule has 0 aromatic heterocycles. The lowest BCUT2D eigenvalue weighted by Gasteiger charge is -2.27. The minimum Gasteiger partial charge on any atom is -0.480 e. The molecule has 7 heteroatoms. The molecule has 1 N–H and O–H groups in total. The number of nitriles is 1. The summed E-state index contributed by atoms with van der Waals surface area (Å²) in [6.45, 7) is 4.38. The van der Waals surface area contributed by atoms with Crippen molar-refractivity contribution in [2.75, 3.05) is 6.54 Å². The summed E-state index contributed by atoms with van der Waals surface area (Å²) in [5, 5.41) is 16.3. The van der Waals surface area contributed by atoms with Crippen molar-refractivity contribution in [3.05, 3.63) is 0 Å². The van der Waals surface area contributed by atoms with Crippen LogP contribution in [0.15, 0.2) is 0 Å². The molecule has 0 fully saturated rings. The Morgan fingerprint density at radius 1 is 1.41 bits per heavy atom. The molecule has 0 aromatic carbocycles. The van der Waals surface area contributed by atoms with E-state index in [4.69, 9.17) is 10.4 Å². The number of hydrogen-bond donors (Lipinski definition) is 1. The second kappa shape index (κ2) is 6.57. The molecule has 0 aliphatic carbocycles. The van der Waals surface area contributed by atoms with Crippen molar-refractivity contribution >= 4 is 16.0 Å². The maximum Gasteiger partial charge on any atom is 0.318 e. The van der Waals surface area contributed by atoms with Gasteiger partial charge in [0.05, 0.1) is 6.07 Å². The minimum atomic E-state index is -3.88. The number of aliphatic carboxylic acids is 1. The smallest absolute Gasteiger partial charge is 0.318 e. The van der Waals surface area contributed by atoms with E-state index >= 15 is 0 Å². The Labute approximate surface area is 102 Å². The number of carboxylic acid groups (broad SMARTS) is 1. The van der Waals surface area contributed by atoms with Crippen LogP contribution in [0.2, 0.25) is 0 Å². The van der Waals surface area contributed by atoms with Crippen molar-refractivity contribution in [3.8, 4) is 6.07 Å². The summed E-state index contributed by atoms with van der Waals surface area (Å²) in [5.41, 5.74) is 0. The monoisotopic (exact) mass is 262 g/mol. The molecule has 6 nitrogen and oxygen atoms in total. The second-order valence-corrected chi connectivity index (χ2v) is 5.84. The van der Waals surface area contributed by atoms with Gasteiger partial charge in [0.2, 0.25) is 10.0 Å². The third kappa shape index (κ3) is 3.98. The summed E-state index contributed by atoms with van der Waals surface area (Å²) in [4.78, 5) is 10.7. The molecule has 0 radical (unpaired) electrons. The summed E-state index contributed by atoms with van der Waals surface area (Å²) in [7, 11) is -3.88. The van der Waals surface area contributed by atoms with Crippen LogP contribution >= 0.6 is 0 Å². The first-order valence-electron chi connectivity index (χ1n) is 5.43. The molecular weight excluding hydrogens is 244 g/mol. The Hall–Kier alpha value is -1.13. The van der Waals surface area contributed by atoms with Gasteiger partial charge in [-0.2, -0.15) is 9.57 Å². The number of sulfonamides is 1. The third-order valence-corrected chi connectivity index (χ3v) is 4.88. The van der Waals surface area contributed by atoms with Gasteiger partial charge in [-0.15, -0.1) is 0 Å². The van der Waals surface area contributed by atoms with E-state index in [1.165, 1.54) is 0 Å². The van der Waals surface area contributed by atoms with E-state index in [0.29, 0.717) is 6.42 Å². The van der Waals surface area contributed by atoms with Gasteiger partial charge in [0.1, 0.15) is 6.54 Å². The molecule has 98 valence electrons. The zero-order valence-electron chi connectivity index (χ0n) is 10.3. The molecule has 0 amide bonds. The summed E-state index contributed by atoms with van der Waals surface area (Å²) in [5.74, 6) is -1.22. The van der Waals surface area contributed by atoms with Crippen molar-refractivity contribution in [1.82, 2.24) is 4.31 Å². The first-order valence-corrected chi connectivity index (χ1v) is 6.93. The summed E-state index contributed by atoms with van der Waals surface area (Å²) in [6.07, 6.45) is 0.639. The molecule has 0 rings (SSSR count). The van der Waals surface area contributed by atoms with Gasteiger partial charge in [-0.3, -0.25) is 4.79 Å². The largest absolute Gasteiger partial charge is 0.480 e. The Balaban J connectivity index is 5.30. The fraction of sp³-hybridized carbons (Fsp3) is 0.800. The average Bonchev–Trinajstić information content (AvgIpc) is 2.25. The van der Waals surface area contributed by atoms with Crippen LogP contribution in [0.1, 0.15) is 33.6 Å². The highest BCUT2D eigenvalue weighted by Gasteiger charge is 2.34. The topological polar surface area (TPSA) is 98.5 Å². The van der Waals surface area contributed by atoms with E-state index in [-0.39, 0.29) is 6.42 Å². The standard InChI is InChI=1S/C10H18N2O4S/c1-4-8(3)12(7-10(13)14)17(15,16)9(5-2)6-11/h8-9H,4-5,7H2,1-3H3,(H,13,14). The van der Waals surface area contributed by atoms with E-state index in [9.17, 15) is 13.2 Å². The number of hydrogen-bond acceptors (Lipinski definition) is 4. The van der Waals surface area contributed by atoms with Gasteiger partial charge in [-0.05, 0) is 19.8 Å². The van der Waals surface area contributed by atoms with Crippen molar-refractivity contribution in [3.63, 3.8) is 0 Å². The first kappa shape index (κ1) is 15.9. The van der Waals surface area contributed by atoms with Gasteiger partial charge < -0.3 is 5.11 Å². The Bertz CT molecular complexity index is 399. The number of carboxylic acids is 1. The lowest BCUT2D eigenvalue weighted by atomic mass is 10.2. The lowest BCUT2D eigenvalue weighted by molar-refractivity contribution is -0.137. The fourth-order valence-electron chi connectivity index (χ4n) is 1.37. The SMILES string of the molecule is CCC(C)N(CC(=O)O)S(=O)(=O)C(C#N)CC. The number of rotatable bonds is 7. The van der Waals surface area contributed by atoms with Crippen molar-refractivity contribution < 1.29 is 18.3 Å². The van der Waals surface area contributed by atoms with Gasteiger partial charge in [-0.25, -0.2) is 8.42 Å². The molecule has 0 aromatic rings. The molecule has 0 aliphatic heterocycles. The maximum atomic E-state index is 12.1. The van der Waals surface area contributed by atoms with Crippen LogP contribution in [0, 0.1) is 11.3 Å². The summed E-state index contributed by atoms with van der Waals surface area (Å²) in [6, 6.07) is 1.27. The van der Waals surface area contributed by atoms with Gasteiger partial charge in [0.15, 0.2) is 5.25 Å². The summed E-state index contributed by atoms with van der Waals surface area (Å²) >= 11 is 0. The lowest BCUT2D eigenvalue weighted by Crippen LogP contribution is -2.45. The van der Waals surface area contributed by atoms with Crippen LogP contribution in [-0.4, -0.2) is 41.6 Å². The molecule has 0 heterocycles. The Morgan fingerprint density at radius 3 is 2.24 bits per heavy atom. The molecule has 2 atom stereocenters. The van der Waals surface area contributed by atoms with Crippen LogP contribution in [0.25, 0.3) is 0 Å². The molecule has 17 heavy (non-hydrogen) atoms. The maximum absolute atomic E-state index is 12.1. The molecule has 0 spiro atoms. The normalized spacial score (nSPS) is 15.2. The molecule has 0 aliphatic rings. The summed E-state index contributed by atoms with van der Waals surface area (Å²) < 4.78 is 25.0. The van der Waals surface area contributed by atoms with Crippen LogP contribution in [-0.2, 0) is 14.8 Å². The van der Waals surface area contributed by atoms with Crippen LogP contribution < -0.4 is 0 Å². The highest BCUT2D eigenvalue weighted by molar-refractivity contribution is 7.90. The third-order valence-electron chi connectivity index (χ3n) is 2.57. The zero-order chi connectivity index (χ0) is 13.6. The van der Waals surface area contributed by atoms with Gasteiger partial charge in [0, 0.05) is 6.04 Å². The first-order chi connectivity index (χ1) is 7.81. The highest BCUT2D eigenvalue weighted by Crippen LogP contribution is 2.16. The number of nitrogens with zero attached hydrogens (tertiary/aromatic N) is 2. The Kier molecular flexibility index (Phi) is 6.13. The predicted molar refractivity (Wildman–Crippen MR) is 62.7 cm³/mol. The average molecular weight is 262 g/mol. The van der Waals surface area contributed by atoms with E-state index < -0.39 is 33.8 Å². The van der Waals surface area contributed by atoms with Crippen LogP contribution in [0.5, 0.6) is 0 Å². The fourth-order valence-corrected chi connectivity index (χ4v) is 3.19. The van der Waals surface area contributed by atoms with Crippen molar-refractivity contribution in [2.45, 2.75) is 44.9 Å². The predicted octanol–water partition coefficient (Wildman–Crippen LogP) is 0.803. The van der Waals surface area contributed by atoms with Crippen LogP contribution in [0.3, 0.4) is 0 Å². The molecular formula is C10H18N2O4S. The van der Waals surface area contributed by atoms with E-state index in [2.05, 4.69) is 0 Å².